The van der Waals surface area contributed by atoms with Gasteiger partial charge in [-0.3, -0.25) is 9.59 Å². The van der Waals surface area contributed by atoms with Crippen molar-refractivity contribution >= 4 is 74.0 Å². The van der Waals surface area contributed by atoms with Crippen LogP contribution in [-0.2, 0) is 22.9 Å². The third kappa shape index (κ3) is 13.1. The van der Waals surface area contributed by atoms with Crippen molar-refractivity contribution in [1.82, 2.24) is 35.9 Å². The molecule has 0 saturated carbocycles. The number of carbonyl (C=O) groups excluding carboxylic acids is 4. The number of halogens is 6. The number of urea groups is 2. The molecule has 0 spiro atoms. The van der Waals surface area contributed by atoms with Gasteiger partial charge in [-0.25, -0.2) is 64.1 Å². The molecule has 2 aromatic heterocycles. The second-order valence-corrected chi connectivity index (χ2v) is 25.2. The molecule has 3 aliphatic heterocycles. The van der Waals surface area contributed by atoms with Crippen molar-refractivity contribution in [1.29, 1.82) is 0 Å². The standard InChI is InChI=1S/C36H38F3N7O2.C28H22F3N5O4S/c1-19-11-13-22(41-32(47)21-12-10-20(2)28(39)14-21)15-24(19)29-25-18-40-34(48)46(30-26(37)8-7-9-27(30)38)31(25)44-33(43-29)42-23-16-35(3,4)45-36(5,6)17-23;1-14-8-10-17(33-26(37)16-9-7-15(2)22(31)11-16)12-18(14)23-19-13-32-28(38)36(24-20(29)5-4-6-21(24)30)25(19)35-27(34-23)41(3,39)40/h7-15,23,45H,16-18H2,1-6H3,(H,40,48)(H,41,47)(H,42,43,44);4-12H,13H2,1-3H3,(H,32,38)(H,33,37). The lowest BCUT2D eigenvalue weighted by molar-refractivity contribution is 0.101. The van der Waals surface area contributed by atoms with E-state index in [4.69, 9.17) is 9.97 Å². The lowest BCUT2D eigenvalue weighted by Gasteiger charge is -2.46. The molecule has 0 bridgehead atoms. The van der Waals surface area contributed by atoms with Gasteiger partial charge in [0.05, 0.1) is 24.5 Å². The fraction of sp³-hybridized carbons (Fsp3) is 0.250. The molecule has 1 saturated heterocycles. The highest BCUT2D eigenvalue weighted by molar-refractivity contribution is 7.90. The largest absolute Gasteiger partial charge is 0.351 e. The van der Waals surface area contributed by atoms with Gasteiger partial charge in [0.2, 0.25) is 20.9 Å². The van der Waals surface area contributed by atoms with E-state index in [9.17, 15) is 45.2 Å². The van der Waals surface area contributed by atoms with Crippen LogP contribution in [0, 0.1) is 62.6 Å². The van der Waals surface area contributed by atoms with Gasteiger partial charge in [-0.1, -0.05) is 36.4 Å². The summed E-state index contributed by atoms with van der Waals surface area (Å²) in [5, 5.41) is 17.2. The molecule has 5 heterocycles. The average molecular weight is 1240 g/mol. The highest BCUT2D eigenvalue weighted by Crippen LogP contribution is 2.43. The van der Waals surface area contributed by atoms with Crippen LogP contribution in [0.4, 0.5) is 76.3 Å². The number of amides is 6. The number of aromatic nitrogens is 4. The van der Waals surface area contributed by atoms with Crippen molar-refractivity contribution in [3.05, 3.63) is 189 Å². The molecule has 0 unspecified atom stereocenters. The first-order valence-corrected chi connectivity index (χ1v) is 29.8. The number of piperidine rings is 1. The number of anilines is 7. The number of nitrogens with one attached hydrogen (secondary N) is 6. The zero-order valence-electron chi connectivity index (χ0n) is 49.6. The first-order valence-electron chi connectivity index (χ1n) is 27.9. The Morgan fingerprint density at radius 1 is 0.539 bits per heavy atom. The smallest absolute Gasteiger partial charge is 0.328 e. The van der Waals surface area contributed by atoms with E-state index in [1.165, 1.54) is 36.4 Å². The Kier molecular flexibility index (Phi) is 16.9. The van der Waals surface area contributed by atoms with Crippen LogP contribution in [0.1, 0.15) is 94.6 Å². The SMILES string of the molecule is Cc1ccc(C(=O)Nc2ccc(C)c(-c3nc(NC4CC(C)(C)NC(C)(C)C4)nc4c3CNC(=O)N4c3c(F)cccc3F)c2)cc1F.Cc1ccc(C(=O)Nc2ccc(C)c(-c3nc(S(C)(=O)=O)nc4c3CNC(=O)N4c3c(F)cccc3F)c2)cc1F. The molecule has 460 valence electrons. The Balaban J connectivity index is 0.000000199. The van der Waals surface area contributed by atoms with Crippen molar-refractivity contribution in [2.45, 2.75) is 104 Å². The van der Waals surface area contributed by atoms with Gasteiger partial charge in [-0.05, 0) is 163 Å². The maximum atomic E-state index is 15.2. The van der Waals surface area contributed by atoms with Gasteiger partial charge in [-0.2, -0.15) is 9.97 Å². The van der Waals surface area contributed by atoms with E-state index in [1.54, 1.807) is 57.2 Å². The molecule has 6 amide bonds. The third-order valence-electron chi connectivity index (χ3n) is 15.2. The number of rotatable bonds is 11. The minimum Gasteiger partial charge on any atom is -0.351 e. The Labute approximate surface area is 508 Å². The molecular formula is C64H60F6N12O6S. The fourth-order valence-corrected chi connectivity index (χ4v) is 11.7. The van der Waals surface area contributed by atoms with Crippen LogP contribution in [-0.4, -0.2) is 75.6 Å². The minimum atomic E-state index is -4.07. The first kappa shape index (κ1) is 62.3. The number of aryl methyl sites for hydroxylation is 4. The number of fused-ring (bicyclic) bond motifs is 2. The van der Waals surface area contributed by atoms with Crippen LogP contribution in [0.15, 0.2) is 114 Å². The number of hydrogen-bond donors (Lipinski definition) is 6. The molecule has 3 aliphatic rings. The van der Waals surface area contributed by atoms with Crippen LogP contribution < -0.4 is 41.7 Å². The molecule has 1 fully saturated rings. The number of para-hydroxylation sites is 2. The zero-order valence-corrected chi connectivity index (χ0v) is 50.4. The van der Waals surface area contributed by atoms with Gasteiger partial charge in [0, 0.05) is 68.1 Å². The Bertz CT molecular complexity index is 4300. The quantitative estimate of drug-likeness (QED) is 0.0524. The lowest BCUT2D eigenvalue weighted by Crippen LogP contribution is -2.60. The third-order valence-corrected chi connectivity index (χ3v) is 16.0. The number of nitrogens with zero attached hydrogens (tertiary/aromatic N) is 6. The molecule has 6 N–H and O–H groups in total. The van der Waals surface area contributed by atoms with Crippen molar-refractivity contribution < 1.29 is 53.9 Å². The number of sulfone groups is 1. The van der Waals surface area contributed by atoms with E-state index in [1.807, 2.05) is 6.92 Å². The summed E-state index contributed by atoms with van der Waals surface area (Å²) < 4.78 is 113. The van der Waals surface area contributed by atoms with Crippen molar-refractivity contribution in [2.24, 2.45) is 0 Å². The van der Waals surface area contributed by atoms with E-state index in [2.05, 4.69) is 69.6 Å². The van der Waals surface area contributed by atoms with Gasteiger partial charge < -0.3 is 31.9 Å². The summed E-state index contributed by atoms with van der Waals surface area (Å²) in [6, 6.07) is 23.0. The second kappa shape index (κ2) is 24.1. The Hall–Kier alpha value is -9.75. The first-order chi connectivity index (χ1) is 41.9. The molecule has 0 radical (unpaired) electrons. The Morgan fingerprint density at radius 2 is 0.944 bits per heavy atom. The maximum Gasteiger partial charge on any atom is 0.328 e. The number of hydrogen-bond acceptors (Lipinski definition) is 12. The molecule has 18 nitrogen and oxygen atoms in total. The molecule has 0 atom stereocenters. The second-order valence-electron chi connectivity index (χ2n) is 23.3. The van der Waals surface area contributed by atoms with Crippen LogP contribution in [0.25, 0.3) is 22.5 Å². The summed E-state index contributed by atoms with van der Waals surface area (Å²) in [6.45, 7) is 15.0. The summed E-state index contributed by atoms with van der Waals surface area (Å²) in [4.78, 5) is 71.6. The summed E-state index contributed by atoms with van der Waals surface area (Å²) in [5.41, 5.74) is 3.46. The Morgan fingerprint density at radius 3 is 1.36 bits per heavy atom. The van der Waals surface area contributed by atoms with Crippen LogP contribution >= 0.6 is 0 Å². The van der Waals surface area contributed by atoms with Crippen LogP contribution in [0.5, 0.6) is 0 Å². The molecule has 6 aromatic carbocycles. The molecule has 8 aromatic rings. The molecule has 0 aliphatic carbocycles. The molecule has 11 rings (SSSR count). The predicted molar refractivity (Wildman–Crippen MR) is 325 cm³/mol. The fourth-order valence-electron chi connectivity index (χ4n) is 11.2. The lowest BCUT2D eigenvalue weighted by atomic mass is 9.80. The summed E-state index contributed by atoms with van der Waals surface area (Å²) in [7, 11) is -4.07. The van der Waals surface area contributed by atoms with Crippen LogP contribution in [0.2, 0.25) is 0 Å². The predicted octanol–water partition coefficient (Wildman–Crippen LogP) is 12.7. The monoisotopic (exact) mass is 1240 g/mol. The van der Waals surface area contributed by atoms with E-state index < -0.39 is 85.1 Å². The zero-order chi connectivity index (χ0) is 64.2. The molecule has 89 heavy (non-hydrogen) atoms. The van der Waals surface area contributed by atoms with Gasteiger partial charge in [0.15, 0.2) is 11.6 Å². The van der Waals surface area contributed by atoms with Crippen molar-refractivity contribution in [3.63, 3.8) is 0 Å². The van der Waals surface area contributed by atoms with Crippen LogP contribution in [0.3, 0.4) is 0 Å². The summed E-state index contributed by atoms with van der Waals surface area (Å²) in [6.07, 6.45) is 2.33. The van der Waals surface area contributed by atoms with Gasteiger partial charge >= 0.3 is 12.1 Å². The normalized spacial score (nSPS) is 15.2. The van der Waals surface area contributed by atoms with Gasteiger partial charge in [0.1, 0.15) is 46.3 Å². The summed E-state index contributed by atoms with van der Waals surface area (Å²) >= 11 is 0. The molecular weight excluding hydrogens is 1180 g/mol. The highest BCUT2D eigenvalue weighted by atomic mass is 32.2. The van der Waals surface area contributed by atoms with E-state index in [-0.39, 0.29) is 75.9 Å². The number of carbonyl (C=O) groups is 4. The minimum absolute atomic E-state index is 0.0115. The van der Waals surface area contributed by atoms with Crippen molar-refractivity contribution in [3.8, 4) is 22.5 Å². The van der Waals surface area contributed by atoms with Crippen molar-refractivity contribution in [2.75, 3.05) is 32.0 Å². The molecule has 25 heteroatoms. The summed E-state index contributed by atoms with van der Waals surface area (Å²) in [5.74, 6) is -6.20. The van der Waals surface area contributed by atoms with E-state index in [0.29, 0.717) is 49.7 Å². The van der Waals surface area contributed by atoms with E-state index in [0.717, 1.165) is 66.0 Å². The number of benzene rings is 6. The van der Waals surface area contributed by atoms with Gasteiger partial charge in [0.25, 0.3) is 11.8 Å². The topological polar surface area (TPSA) is 233 Å². The maximum absolute atomic E-state index is 15.2. The van der Waals surface area contributed by atoms with E-state index >= 15 is 8.78 Å². The highest BCUT2D eigenvalue weighted by Gasteiger charge is 2.40. The van der Waals surface area contributed by atoms with Gasteiger partial charge in [-0.15, -0.1) is 0 Å². The average Bonchev–Trinajstić information content (AvgIpc) is 0.808.